The van der Waals surface area contributed by atoms with Crippen molar-refractivity contribution >= 4 is 27.7 Å². The fraction of sp³-hybridized carbons (Fsp3) is 0.625. The van der Waals surface area contributed by atoms with Crippen molar-refractivity contribution < 1.29 is 9.59 Å². The van der Waals surface area contributed by atoms with Crippen LogP contribution < -0.4 is 5.32 Å². The van der Waals surface area contributed by atoms with Gasteiger partial charge in [0.25, 0.3) is 0 Å². The third kappa shape index (κ3) is 1.36. The Kier molecular flexibility index (Phi) is 2.75. The normalized spacial score (nSPS) is 47.0. The summed E-state index contributed by atoms with van der Waals surface area (Å²) in [5, 5.41) is 3.60. The second-order valence-electron chi connectivity index (χ2n) is 6.51. The van der Waals surface area contributed by atoms with Crippen LogP contribution in [0.4, 0.5) is 0 Å². The lowest BCUT2D eigenvalue weighted by Gasteiger charge is -2.57. The van der Waals surface area contributed by atoms with Gasteiger partial charge in [-0.3, -0.25) is 14.9 Å². The molecule has 4 aliphatic carbocycles. The minimum atomic E-state index is -0.468. The SMILES string of the molecule is O=C1NC(=O)C2(CCCCBr)C3C=CC(C4C=CC43)C12. The molecule has 1 saturated heterocycles. The topological polar surface area (TPSA) is 46.2 Å². The molecule has 2 fully saturated rings. The lowest BCUT2D eigenvalue weighted by Crippen LogP contribution is -2.58. The number of hydrogen-bond acceptors (Lipinski definition) is 2. The van der Waals surface area contributed by atoms with E-state index in [1.807, 2.05) is 0 Å². The number of imide groups is 1. The van der Waals surface area contributed by atoms with Crippen molar-refractivity contribution in [1.29, 1.82) is 0 Å². The Morgan fingerprint density at radius 1 is 1.05 bits per heavy atom. The van der Waals surface area contributed by atoms with Crippen molar-refractivity contribution in [3.8, 4) is 0 Å². The average Bonchev–Trinajstić information content (AvgIpc) is 2.64. The average molecular weight is 336 g/mol. The third-order valence-electron chi connectivity index (χ3n) is 5.85. The van der Waals surface area contributed by atoms with E-state index in [4.69, 9.17) is 0 Å². The highest BCUT2D eigenvalue weighted by Gasteiger charge is 2.68. The van der Waals surface area contributed by atoms with E-state index in [-0.39, 0.29) is 29.6 Å². The molecule has 3 nitrogen and oxygen atoms in total. The molecular formula is C16H18BrNO2. The van der Waals surface area contributed by atoms with Crippen LogP contribution >= 0.6 is 15.9 Å². The fourth-order valence-corrected chi connectivity index (χ4v) is 5.37. The number of nitrogens with one attached hydrogen (secondary N) is 1. The molecule has 6 atom stereocenters. The van der Waals surface area contributed by atoms with Crippen LogP contribution in [0.15, 0.2) is 24.3 Å². The van der Waals surface area contributed by atoms with Crippen LogP contribution in [-0.4, -0.2) is 17.1 Å². The Labute approximate surface area is 127 Å². The van der Waals surface area contributed by atoms with Crippen molar-refractivity contribution in [2.75, 3.05) is 5.33 Å². The molecule has 0 aromatic heterocycles. The molecule has 0 radical (unpaired) electrons. The number of allylic oxidation sites excluding steroid dienone is 4. The summed E-state index contributed by atoms with van der Waals surface area (Å²) in [5.41, 5.74) is -0.468. The van der Waals surface area contributed by atoms with Gasteiger partial charge in [-0.2, -0.15) is 0 Å². The Hall–Kier alpha value is -0.900. The summed E-state index contributed by atoms with van der Waals surface area (Å²) < 4.78 is 0. The molecule has 1 N–H and O–H groups in total. The molecule has 0 aromatic rings. The van der Waals surface area contributed by atoms with E-state index in [2.05, 4.69) is 45.6 Å². The lowest BCUT2D eigenvalue weighted by atomic mass is 9.43. The smallest absolute Gasteiger partial charge is 0.234 e. The largest absolute Gasteiger partial charge is 0.296 e. The van der Waals surface area contributed by atoms with E-state index < -0.39 is 5.41 Å². The predicted molar refractivity (Wildman–Crippen MR) is 79.0 cm³/mol. The van der Waals surface area contributed by atoms with E-state index in [0.29, 0.717) is 11.8 Å². The van der Waals surface area contributed by atoms with Crippen molar-refractivity contribution in [3.05, 3.63) is 24.3 Å². The maximum atomic E-state index is 12.6. The molecule has 4 heteroatoms. The van der Waals surface area contributed by atoms with Crippen molar-refractivity contribution in [2.24, 2.45) is 35.0 Å². The van der Waals surface area contributed by atoms with Crippen molar-refractivity contribution in [2.45, 2.75) is 19.3 Å². The number of amides is 2. The molecule has 5 rings (SSSR count). The van der Waals surface area contributed by atoms with Gasteiger partial charge in [0.2, 0.25) is 11.8 Å². The highest BCUT2D eigenvalue weighted by atomic mass is 79.9. The summed E-state index contributed by atoms with van der Waals surface area (Å²) in [5.74, 6) is 1.22. The summed E-state index contributed by atoms with van der Waals surface area (Å²) in [6.45, 7) is 0. The summed E-state index contributed by atoms with van der Waals surface area (Å²) in [7, 11) is 0. The zero-order valence-electron chi connectivity index (χ0n) is 11.2. The first-order valence-corrected chi connectivity index (χ1v) is 8.60. The Bertz CT molecular complexity index is 541. The van der Waals surface area contributed by atoms with Gasteiger partial charge in [-0.1, -0.05) is 46.7 Å². The molecule has 5 aliphatic rings. The number of carbonyl (C=O) groups excluding carboxylic acids is 2. The van der Waals surface area contributed by atoms with Crippen LogP contribution in [0.2, 0.25) is 0 Å². The first-order chi connectivity index (χ1) is 9.70. The lowest BCUT2D eigenvalue weighted by molar-refractivity contribution is -0.142. The van der Waals surface area contributed by atoms with Crippen LogP contribution in [0.25, 0.3) is 0 Å². The maximum absolute atomic E-state index is 12.6. The van der Waals surface area contributed by atoms with Crippen LogP contribution in [0.3, 0.4) is 0 Å². The second-order valence-corrected chi connectivity index (χ2v) is 7.30. The van der Waals surface area contributed by atoms with E-state index in [1.165, 1.54) is 0 Å². The van der Waals surface area contributed by atoms with E-state index in [0.717, 1.165) is 24.6 Å². The summed E-state index contributed by atoms with van der Waals surface area (Å²) in [6.07, 6.45) is 11.8. The van der Waals surface area contributed by atoms with Gasteiger partial charge < -0.3 is 0 Å². The van der Waals surface area contributed by atoms with Gasteiger partial charge in [0.15, 0.2) is 0 Å². The Balaban J connectivity index is 1.76. The first-order valence-electron chi connectivity index (χ1n) is 7.48. The van der Waals surface area contributed by atoms with Crippen LogP contribution in [0.1, 0.15) is 19.3 Å². The molecule has 0 aromatic carbocycles. The van der Waals surface area contributed by atoms with Gasteiger partial charge in [-0.15, -0.1) is 0 Å². The molecular weight excluding hydrogens is 318 g/mol. The quantitative estimate of drug-likeness (QED) is 0.371. The number of alkyl halides is 1. The molecule has 1 saturated carbocycles. The molecule has 1 heterocycles. The Morgan fingerprint density at radius 3 is 2.50 bits per heavy atom. The zero-order chi connectivity index (χ0) is 13.9. The fourth-order valence-electron chi connectivity index (χ4n) is 4.97. The van der Waals surface area contributed by atoms with E-state index >= 15 is 0 Å². The van der Waals surface area contributed by atoms with Gasteiger partial charge in [-0.05, 0) is 36.5 Å². The summed E-state index contributed by atoms with van der Waals surface area (Å²) in [6, 6.07) is 0. The molecule has 2 bridgehead atoms. The first kappa shape index (κ1) is 12.8. The van der Waals surface area contributed by atoms with E-state index in [1.54, 1.807) is 0 Å². The van der Waals surface area contributed by atoms with Crippen molar-refractivity contribution in [1.82, 2.24) is 5.32 Å². The van der Waals surface area contributed by atoms with Crippen LogP contribution in [-0.2, 0) is 9.59 Å². The maximum Gasteiger partial charge on any atom is 0.234 e. The molecule has 2 amide bonds. The summed E-state index contributed by atoms with van der Waals surface area (Å²) >= 11 is 3.45. The standard InChI is InChI=1S/C16H18BrNO2/c17-8-2-1-7-16-12-6-5-11(9-3-4-10(9)12)13(16)14(19)18-15(16)20/h3-6,9-13H,1-2,7-8H2,(H,18,19,20). The monoisotopic (exact) mass is 335 g/mol. The number of halogens is 1. The number of rotatable bonds is 4. The van der Waals surface area contributed by atoms with Crippen LogP contribution in [0, 0.1) is 35.0 Å². The molecule has 20 heavy (non-hydrogen) atoms. The molecule has 106 valence electrons. The molecule has 1 aliphatic heterocycles. The third-order valence-corrected chi connectivity index (χ3v) is 6.41. The highest BCUT2D eigenvalue weighted by Crippen LogP contribution is 2.64. The Morgan fingerprint density at radius 2 is 1.80 bits per heavy atom. The predicted octanol–water partition coefficient (Wildman–Crippen LogP) is 2.43. The highest BCUT2D eigenvalue weighted by molar-refractivity contribution is 9.09. The number of unbranched alkanes of at least 4 members (excludes halogenated alkanes) is 1. The van der Waals surface area contributed by atoms with Gasteiger partial charge in [0, 0.05) is 5.33 Å². The minimum absolute atomic E-state index is 0.0137. The van der Waals surface area contributed by atoms with Gasteiger partial charge in [-0.25, -0.2) is 0 Å². The van der Waals surface area contributed by atoms with Crippen molar-refractivity contribution in [3.63, 3.8) is 0 Å². The second kappa shape index (κ2) is 4.30. The van der Waals surface area contributed by atoms with Gasteiger partial charge in [0.1, 0.15) is 0 Å². The van der Waals surface area contributed by atoms with Gasteiger partial charge in [0.05, 0.1) is 11.3 Å². The number of carbonyl (C=O) groups is 2. The molecule has 6 unspecified atom stereocenters. The van der Waals surface area contributed by atoms with E-state index in [9.17, 15) is 9.59 Å². The van der Waals surface area contributed by atoms with Crippen LogP contribution in [0.5, 0.6) is 0 Å². The van der Waals surface area contributed by atoms with Gasteiger partial charge >= 0.3 is 0 Å². The summed E-state index contributed by atoms with van der Waals surface area (Å²) in [4.78, 5) is 24.9. The molecule has 0 spiro atoms. The zero-order valence-corrected chi connectivity index (χ0v) is 12.8. The minimum Gasteiger partial charge on any atom is -0.296 e. The number of hydrogen-bond donors (Lipinski definition) is 1.